The average Bonchev–Trinajstić information content (AvgIpc) is 2.93. The second-order valence-corrected chi connectivity index (χ2v) is 6.40. The van der Waals surface area contributed by atoms with E-state index >= 15 is 0 Å². The first-order valence-corrected chi connectivity index (χ1v) is 8.36. The third kappa shape index (κ3) is 4.63. The van der Waals surface area contributed by atoms with Crippen molar-refractivity contribution in [2.24, 2.45) is 0 Å². The minimum Gasteiger partial charge on any atom is -0.508 e. The highest BCUT2D eigenvalue weighted by atomic mass is 35.5. The SMILES string of the molecule is CCC(O)(NC(C)C)c1cc(OCCn2cc(Cl)cn2)ccc1O. The average molecular weight is 354 g/mol. The van der Waals surface area contributed by atoms with Crippen molar-refractivity contribution in [2.45, 2.75) is 45.5 Å². The summed E-state index contributed by atoms with van der Waals surface area (Å²) in [4.78, 5) is 0. The molecule has 0 radical (unpaired) electrons. The molecule has 0 fully saturated rings. The van der Waals surface area contributed by atoms with Crippen LogP contribution >= 0.6 is 11.6 Å². The van der Waals surface area contributed by atoms with Gasteiger partial charge in [0, 0.05) is 17.8 Å². The molecule has 3 N–H and O–H groups in total. The van der Waals surface area contributed by atoms with E-state index in [4.69, 9.17) is 16.3 Å². The maximum Gasteiger partial charge on any atom is 0.145 e. The largest absolute Gasteiger partial charge is 0.508 e. The number of phenolic OH excluding ortho intramolecular Hbond substituents is 1. The summed E-state index contributed by atoms with van der Waals surface area (Å²) in [7, 11) is 0. The summed E-state index contributed by atoms with van der Waals surface area (Å²) in [6.45, 7) is 6.67. The van der Waals surface area contributed by atoms with E-state index in [9.17, 15) is 10.2 Å². The van der Waals surface area contributed by atoms with Gasteiger partial charge >= 0.3 is 0 Å². The predicted octanol–water partition coefficient (Wildman–Crippen LogP) is 2.87. The fourth-order valence-corrected chi connectivity index (χ4v) is 2.66. The second-order valence-electron chi connectivity index (χ2n) is 5.96. The molecule has 0 aliphatic rings. The molecule has 0 bridgehead atoms. The van der Waals surface area contributed by atoms with Gasteiger partial charge in [-0.25, -0.2) is 0 Å². The summed E-state index contributed by atoms with van der Waals surface area (Å²) in [5.74, 6) is 0.595. The zero-order valence-electron chi connectivity index (χ0n) is 14.2. The number of aromatic hydroxyl groups is 1. The number of rotatable bonds is 8. The Morgan fingerprint density at radius 2 is 2.17 bits per heavy atom. The molecule has 1 heterocycles. The fourth-order valence-electron chi connectivity index (χ4n) is 2.50. The predicted molar refractivity (Wildman–Crippen MR) is 93.3 cm³/mol. The molecule has 2 rings (SSSR count). The Hall–Kier alpha value is -1.76. The van der Waals surface area contributed by atoms with E-state index in [0.29, 0.717) is 35.9 Å². The van der Waals surface area contributed by atoms with Crippen LogP contribution in [-0.2, 0) is 12.3 Å². The van der Waals surface area contributed by atoms with Crippen molar-refractivity contribution in [1.82, 2.24) is 15.1 Å². The molecule has 1 aromatic carbocycles. The van der Waals surface area contributed by atoms with Crippen LogP contribution < -0.4 is 10.1 Å². The van der Waals surface area contributed by atoms with Gasteiger partial charge in [0.15, 0.2) is 0 Å². The monoisotopic (exact) mass is 353 g/mol. The molecule has 6 nitrogen and oxygen atoms in total. The molecule has 1 aromatic heterocycles. The first kappa shape index (κ1) is 18.6. The van der Waals surface area contributed by atoms with Crippen LogP contribution in [0.15, 0.2) is 30.6 Å². The van der Waals surface area contributed by atoms with E-state index in [1.54, 1.807) is 29.2 Å². The number of nitrogens with one attached hydrogen (secondary N) is 1. The van der Waals surface area contributed by atoms with Gasteiger partial charge in [-0.15, -0.1) is 0 Å². The lowest BCUT2D eigenvalue weighted by Crippen LogP contribution is -2.45. The number of aromatic nitrogens is 2. The Morgan fingerprint density at radius 3 is 2.75 bits per heavy atom. The molecule has 24 heavy (non-hydrogen) atoms. The summed E-state index contributed by atoms with van der Waals surface area (Å²) in [6.07, 6.45) is 3.70. The highest BCUT2D eigenvalue weighted by Gasteiger charge is 2.30. The van der Waals surface area contributed by atoms with E-state index in [-0.39, 0.29) is 11.8 Å². The molecule has 0 aliphatic carbocycles. The van der Waals surface area contributed by atoms with E-state index in [2.05, 4.69) is 10.4 Å². The third-order valence-corrected chi connectivity index (χ3v) is 3.84. The van der Waals surface area contributed by atoms with Gasteiger partial charge < -0.3 is 14.9 Å². The highest BCUT2D eigenvalue weighted by molar-refractivity contribution is 6.30. The Kier molecular flexibility index (Phi) is 6.10. The van der Waals surface area contributed by atoms with Crippen LogP contribution in [0.25, 0.3) is 0 Å². The molecule has 1 atom stereocenters. The van der Waals surface area contributed by atoms with Gasteiger partial charge in [0.05, 0.1) is 17.8 Å². The van der Waals surface area contributed by atoms with Crippen LogP contribution in [0.1, 0.15) is 32.8 Å². The summed E-state index contributed by atoms with van der Waals surface area (Å²) < 4.78 is 7.39. The van der Waals surface area contributed by atoms with Crippen molar-refractivity contribution in [1.29, 1.82) is 0 Å². The quantitative estimate of drug-likeness (QED) is 0.636. The summed E-state index contributed by atoms with van der Waals surface area (Å²) in [5.41, 5.74) is -0.911. The van der Waals surface area contributed by atoms with Gasteiger partial charge in [-0.2, -0.15) is 5.10 Å². The lowest BCUT2D eigenvalue weighted by Gasteiger charge is -2.31. The zero-order chi connectivity index (χ0) is 17.7. The number of ether oxygens (including phenoxy) is 1. The summed E-state index contributed by atoms with van der Waals surface area (Å²) >= 11 is 5.82. The lowest BCUT2D eigenvalue weighted by atomic mass is 9.97. The van der Waals surface area contributed by atoms with E-state index in [1.165, 1.54) is 6.07 Å². The topological polar surface area (TPSA) is 79.5 Å². The van der Waals surface area contributed by atoms with Gasteiger partial charge in [0.1, 0.15) is 23.8 Å². The number of phenols is 1. The van der Waals surface area contributed by atoms with E-state index < -0.39 is 5.72 Å². The fraction of sp³-hybridized carbons (Fsp3) is 0.471. The van der Waals surface area contributed by atoms with Crippen LogP contribution in [0.4, 0.5) is 0 Å². The van der Waals surface area contributed by atoms with Crippen molar-refractivity contribution in [3.05, 3.63) is 41.2 Å². The van der Waals surface area contributed by atoms with Gasteiger partial charge in [-0.1, -0.05) is 18.5 Å². The zero-order valence-corrected chi connectivity index (χ0v) is 14.9. The van der Waals surface area contributed by atoms with Gasteiger partial charge in [-0.3, -0.25) is 10.00 Å². The maximum absolute atomic E-state index is 10.8. The molecule has 0 saturated carbocycles. The Bertz CT molecular complexity index is 675. The van der Waals surface area contributed by atoms with E-state index in [0.717, 1.165) is 0 Å². The second kappa shape index (κ2) is 7.88. The van der Waals surface area contributed by atoms with Gasteiger partial charge in [0.2, 0.25) is 0 Å². The summed E-state index contributed by atoms with van der Waals surface area (Å²) in [6, 6.07) is 4.91. The minimum atomic E-state index is -1.31. The minimum absolute atomic E-state index is 0.0266. The van der Waals surface area contributed by atoms with Crippen LogP contribution in [0.2, 0.25) is 5.02 Å². The van der Waals surface area contributed by atoms with Crippen LogP contribution in [0, 0.1) is 0 Å². The first-order chi connectivity index (χ1) is 11.3. The number of nitrogens with zero attached hydrogens (tertiary/aromatic N) is 2. The van der Waals surface area contributed by atoms with Crippen LogP contribution in [0.3, 0.4) is 0 Å². The van der Waals surface area contributed by atoms with Crippen molar-refractivity contribution in [3.8, 4) is 11.5 Å². The Morgan fingerprint density at radius 1 is 1.42 bits per heavy atom. The number of hydrogen-bond acceptors (Lipinski definition) is 5. The maximum atomic E-state index is 10.8. The van der Waals surface area contributed by atoms with Crippen LogP contribution in [0.5, 0.6) is 11.5 Å². The molecule has 7 heteroatoms. The normalized spacial score (nSPS) is 13.9. The molecule has 132 valence electrons. The lowest BCUT2D eigenvalue weighted by molar-refractivity contribution is -0.0134. The standard InChI is InChI=1S/C17H24ClN3O3/c1-4-17(23,20-12(2)3)15-9-14(5-6-16(15)22)24-8-7-21-11-13(18)10-19-21/h5-6,9-12,20,22-23H,4,7-8H2,1-3H3. The highest BCUT2D eigenvalue weighted by Crippen LogP contribution is 2.33. The van der Waals surface area contributed by atoms with E-state index in [1.807, 2.05) is 20.8 Å². The number of halogens is 1. The number of hydrogen-bond donors (Lipinski definition) is 3. The van der Waals surface area contributed by atoms with Crippen molar-refractivity contribution >= 4 is 11.6 Å². The Labute approximate surface area is 147 Å². The number of aliphatic hydroxyl groups is 1. The molecule has 0 aliphatic heterocycles. The molecule has 0 amide bonds. The van der Waals surface area contributed by atoms with Crippen molar-refractivity contribution in [2.75, 3.05) is 6.61 Å². The smallest absolute Gasteiger partial charge is 0.145 e. The molecule has 1 unspecified atom stereocenters. The number of benzene rings is 1. The van der Waals surface area contributed by atoms with Crippen molar-refractivity contribution in [3.63, 3.8) is 0 Å². The first-order valence-electron chi connectivity index (χ1n) is 7.98. The molecule has 0 spiro atoms. The molecular formula is C17H24ClN3O3. The van der Waals surface area contributed by atoms with Gasteiger partial charge in [-0.05, 0) is 38.5 Å². The summed E-state index contributed by atoms with van der Waals surface area (Å²) in [5, 5.41) is 28.7. The third-order valence-electron chi connectivity index (χ3n) is 3.64. The van der Waals surface area contributed by atoms with Crippen LogP contribution in [-0.4, -0.2) is 32.6 Å². The van der Waals surface area contributed by atoms with Gasteiger partial charge in [0.25, 0.3) is 0 Å². The Balaban J connectivity index is 2.09. The van der Waals surface area contributed by atoms with Crippen molar-refractivity contribution < 1.29 is 14.9 Å². The molecular weight excluding hydrogens is 330 g/mol. The molecule has 0 saturated heterocycles. The molecule has 2 aromatic rings.